The third kappa shape index (κ3) is 4.56. The summed E-state index contributed by atoms with van der Waals surface area (Å²) in [4.78, 5) is 0. The van der Waals surface area contributed by atoms with Crippen LogP contribution in [0.4, 0.5) is 4.39 Å². The molecule has 0 saturated carbocycles. The van der Waals surface area contributed by atoms with Gasteiger partial charge in [0.2, 0.25) is 0 Å². The van der Waals surface area contributed by atoms with E-state index in [-0.39, 0.29) is 18.5 Å². The van der Waals surface area contributed by atoms with Crippen molar-refractivity contribution in [2.45, 2.75) is 33.0 Å². The molecule has 1 unspecified atom stereocenters. The van der Waals surface area contributed by atoms with Crippen LogP contribution in [0.25, 0.3) is 0 Å². The first-order chi connectivity index (χ1) is 8.17. The van der Waals surface area contributed by atoms with Crippen LogP contribution >= 0.6 is 0 Å². The van der Waals surface area contributed by atoms with Gasteiger partial charge in [-0.3, -0.25) is 0 Å². The van der Waals surface area contributed by atoms with Crippen LogP contribution in [0.1, 0.15) is 31.4 Å². The first-order valence-corrected chi connectivity index (χ1v) is 5.76. The van der Waals surface area contributed by atoms with Crippen molar-refractivity contribution in [3.63, 3.8) is 0 Å². The average molecular weight is 235 g/mol. The monoisotopic (exact) mass is 235 g/mol. The Balaban J connectivity index is 2.82. The summed E-state index contributed by atoms with van der Waals surface area (Å²) in [6.45, 7) is 4.78. The van der Waals surface area contributed by atoms with Crippen molar-refractivity contribution in [3.05, 3.63) is 35.1 Å². The van der Waals surface area contributed by atoms with Gasteiger partial charge in [0.05, 0.1) is 19.3 Å². The zero-order valence-electron chi connectivity index (χ0n) is 10.3. The van der Waals surface area contributed by atoms with Gasteiger partial charge in [-0.1, -0.05) is 24.8 Å². The maximum absolute atomic E-state index is 13.1. The number of benzene rings is 1. The highest BCUT2D eigenvalue weighted by Crippen LogP contribution is 2.13. The van der Waals surface area contributed by atoms with Gasteiger partial charge in [0.1, 0.15) is 5.82 Å². The molecule has 3 heteroatoms. The van der Waals surface area contributed by atoms with Crippen LogP contribution in [0.3, 0.4) is 0 Å². The molecule has 0 amide bonds. The van der Waals surface area contributed by atoms with Crippen molar-refractivity contribution in [2.75, 3.05) is 6.54 Å². The van der Waals surface area contributed by atoms with Crippen LogP contribution in [-0.2, 0) is 11.3 Å². The van der Waals surface area contributed by atoms with Gasteiger partial charge in [-0.15, -0.1) is 0 Å². The second kappa shape index (κ2) is 7.05. The first kappa shape index (κ1) is 13.7. The molecule has 0 heterocycles. The van der Waals surface area contributed by atoms with Gasteiger partial charge < -0.3 is 10.5 Å². The van der Waals surface area contributed by atoms with E-state index in [4.69, 9.17) is 10.5 Å². The molecule has 0 aliphatic rings. The molecule has 2 nitrogen and oxygen atoms in total. The normalized spacial score (nSPS) is 11.8. The minimum absolute atomic E-state index is 0.190. The molecular weight excluding hydrogens is 217 g/mol. The SMILES string of the molecule is CCC(C)OCc1ccc(F)cc1C#CCN. The molecule has 0 aliphatic carbocycles. The van der Waals surface area contributed by atoms with Gasteiger partial charge in [-0.2, -0.15) is 0 Å². The summed E-state index contributed by atoms with van der Waals surface area (Å²) < 4.78 is 18.7. The second-order valence-corrected chi connectivity index (χ2v) is 3.84. The highest BCUT2D eigenvalue weighted by Gasteiger charge is 2.04. The molecule has 0 aromatic heterocycles. The van der Waals surface area contributed by atoms with Crippen molar-refractivity contribution < 1.29 is 9.13 Å². The van der Waals surface area contributed by atoms with E-state index in [1.54, 1.807) is 6.07 Å². The fourth-order valence-electron chi connectivity index (χ4n) is 1.29. The number of rotatable bonds is 4. The fraction of sp³-hybridized carbons (Fsp3) is 0.429. The van der Waals surface area contributed by atoms with Crippen molar-refractivity contribution in [2.24, 2.45) is 5.73 Å². The van der Waals surface area contributed by atoms with E-state index in [9.17, 15) is 4.39 Å². The zero-order valence-corrected chi connectivity index (χ0v) is 10.3. The average Bonchev–Trinajstić information content (AvgIpc) is 2.34. The largest absolute Gasteiger partial charge is 0.374 e. The molecule has 1 atom stereocenters. The lowest BCUT2D eigenvalue weighted by Crippen LogP contribution is -2.07. The summed E-state index contributed by atoms with van der Waals surface area (Å²) in [5.41, 5.74) is 6.86. The van der Waals surface area contributed by atoms with Gasteiger partial charge in [-0.25, -0.2) is 4.39 Å². The maximum Gasteiger partial charge on any atom is 0.124 e. The summed E-state index contributed by atoms with van der Waals surface area (Å²) in [5.74, 6) is 5.30. The molecule has 0 aliphatic heterocycles. The van der Waals surface area contributed by atoms with Gasteiger partial charge in [0.25, 0.3) is 0 Å². The molecule has 1 rings (SSSR count). The van der Waals surface area contributed by atoms with Gasteiger partial charge in [0.15, 0.2) is 0 Å². The molecule has 17 heavy (non-hydrogen) atoms. The Morgan fingerprint density at radius 2 is 2.24 bits per heavy atom. The van der Waals surface area contributed by atoms with E-state index in [2.05, 4.69) is 18.8 Å². The minimum Gasteiger partial charge on any atom is -0.374 e. The van der Waals surface area contributed by atoms with Crippen LogP contribution in [0.2, 0.25) is 0 Å². The van der Waals surface area contributed by atoms with Crippen LogP contribution in [0, 0.1) is 17.7 Å². The molecule has 0 radical (unpaired) electrons. The van der Waals surface area contributed by atoms with Gasteiger partial charge in [-0.05, 0) is 31.0 Å². The van der Waals surface area contributed by atoms with E-state index < -0.39 is 0 Å². The van der Waals surface area contributed by atoms with E-state index in [0.717, 1.165) is 12.0 Å². The third-order valence-electron chi connectivity index (χ3n) is 2.50. The Morgan fingerprint density at radius 1 is 1.47 bits per heavy atom. The lowest BCUT2D eigenvalue weighted by atomic mass is 10.1. The Bertz CT molecular complexity index is 420. The number of hydrogen-bond acceptors (Lipinski definition) is 2. The predicted molar refractivity (Wildman–Crippen MR) is 66.9 cm³/mol. The molecule has 0 spiro atoms. The van der Waals surface area contributed by atoms with Crippen molar-refractivity contribution in [1.29, 1.82) is 0 Å². The van der Waals surface area contributed by atoms with Crippen molar-refractivity contribution in [3.8, 4) is 11.8 Å². The highest BCUT2D eigenvalue weighted by molar-refractivity contribution is 5.41. The fourth-order valence-corrected chi connectivity index (χ4v) is 1.29. The number of halogens is 1. The van der Waals surface area contributed by atoms with Crippen molar-refractivity contribution in [1.82, 2.24) is 0 Å². The van der Waals surface area contributed by atoms with Crippen LogP contribution in [-0.4, -0.2) is 12.6 Å². The number of ether oxygens (including phenoxy) is 1. The first-order valence-electron chi connectivity index (χ1n) is 5.76. The zero-order chi connectivity index (χ0) is 12.7. The van der Waals surface area contributed by atoms with E-state index in [1.807, 2.05) is 6.92 Å². The quantitative estimate of drug-likeness (QED) is 0.814. The van der Waals surface area contributed by atoms with Gasteiger partial charge in [0, 0.05) is 5.56 Å². The maximum atomic E-state index is 13.1. The second-order valence-electron chi connectivity index (χ2n) is 3.84. The molecule has 1 aromatic carbocycles. The Morgan fingerprint density at radius 3 is 2.88 bits per heavy atom. The van der Waals surface area contributed by atoms with E-state index in [1.165, 1.54) is 12.1 Å². The Labute approximate surface area is 102 Å². The van der Waals surface area contributed by atoms with E-state index in [0.29, 0.717) is 12.2 Å². The number of hydrogen-bond donors (Lipinski definition) is 1. The van der Waals surface area contributed by atoms with Crippen LogP contribution < -0.4 is 5.73 Å². The predicted octanol–water partition coefficient (Wildman–Crippen LogP) is 2.45. The topological polar surface area (TPSA) is 35.2 Å². The standard InChI is InChI=1S/C14H18FNO/c1-3-11(2)17-10-13-6-7-14(15)9-12(13)5-4-8-16/h6-7,9,11H,3,8,10,16H2,1-2H3. The van der Waals surface area contributed by atoms with E-state index >= 15 is 0 Å². The summed E-state index contributed by atoms with van der Waals surface area (Å²) in [5, 5.41) is 0. The lowest BCUT2D eigenvalue weighted by Gasteiger charge is -2.11. The molecular formula is C14H18FNO. The Kier molecular flexibility index (Phi) is 5.68. The van der Waals surface area contributed by atoms with Crippen molar-refractivity contribution >= 4 is 0 Å². The number of nitrogens with two attached hydrogens (primary N) is 1. The molecule has 0 bridgehead atoms. The Hall–Kier alpha value is -1.37. The lowest BCUT2D eigenvalue weighted by molar-refractivity contribution is 0.0507. The molecule has 0 fully saturated rings. The molecule has 0 saturated heterocycles. The highest BCUT2D eigenvalue weighted by atomic mass is 19.1. The molecule has 1 aromatic rings. The summed E-state index contributed by atoms with van der Waals surface area (Å²) in [6.07, 6.45) is 1.14. The minimum atomic E-state index is -0.293. The van der Waals surface area contributed by atoms with Gasteiger partial charge >= 0.3 is 0 Å². The van der Waals surface area contributed by atoms with Crippen LogP contribution in [0.15, 0.2) is 18.2 Å². The summed E-state index contributed by atoms with van der Waals surface area (Å²) in [7, 11) is 0. The van der Waals surface area contributed by atoms with Crippen LogP contribution in [0.5, 0.6) is 0 Å². The summed E-state index contributed by atoms with van der Waals surface area (Å²) in [6, 6.07) is 4.54. The third-order valence-corrected chi connectivity index (χ3v) is 2.50. The smallest absolute Gasteiger partial charge is 0.124 e. The molecule has 2 N–H and O–H groups in total. The summed E-state index contributed by atoms with van der Waals surface area (Å²) >= 11 is 0. The molecule has 92 valence electrons.